The molecular formula is C19H31N5O8S. The highest BCUT2D eigenvalue weighted by molar-refractivity contribution is 7.98. The van der Waals surface area contributed by atoms with Crippen LogP contribution in [0.3, 0.4) is 0 Å². The number of nitrogens with one attached hydrogen (secondary N) is 2. The first-order valence-corrected chi connectivity index (χ1v) is 11.8. The van der Waals surface area contributed by atoms with Crippen LogP contribution in [0.25, 0.3) is 0 Å². The van der Waals surface area contributed by atoms with E-state index in [0.717, 1.165) is 0 Å². The molecule has 13 nitrogen and oxygen atoms in total. The highest BCUT2D eigenvalue weighted by atomic mass is 32.2. The van der Waals surface area contributed by atoms with Crippen LogP contribution in [0.1, 0.15) is 38.5 Å². The van der Waals surface area contributed by atoms with E-state index in [0.29, 0.717) is 18.6 Å². The molecule has 33 heavy (non-hydrogen) atoms. The maximum absolute atomic E-state index is 13.1. The summed E-state index contributed by atoms with van der Waals surface area (Å²) in [5, 5.41) is 22.9. The summed E-state index contributed by atoms with van der Waals surface area (Å²) in [7, 11) is 0. The van der Waals surface area contributed by atoms with Crippen LogP contribution in [0, 0.1) is 0 Å². The summed E-state index contributed by atoms with van der Waals surface area (Å²) in [6.45, 7) is 0.155. The molecule has 0 aromatic rings. The maximum Gasteiger partial charge on any atom is 0.326 e. The molecule has 1 heterocycles. The molecule has 8 N–H and O–H groups in total. The number of nitrogens with two attached hydrogens (primary N) is 2. The zero-order valence-corrected chi connectivity index (χ0v) is 19.1. The largest absolute Gasteiger partial charge is 0.481 e. The van der Waals surface area contributed by atoms with Crippen molar-refractivity contribution in [1.29, 1.82) is 0 Å². The van der Waals surface area contributed by atoms with Crippen LogP contribution in [-0.2, 0) is 28.8 Å². The summed E-state index contributed by atoms with van der Waals surface area (Å²) < 4.78 is 0. The van der Waals surface area contributed by atoms with E-state index in [4.69, 9.17) is 16.6 Å². The quantitative estimate of drug-likeness (QED) is 0.155. The third kappa shape index (κ3) is 9.26. The van der Waals surface area contributed by atoms with Crippen molar-refractivity contribution in [1.82, 2.24) is 15.5 Å². The average molecular weight is 490 g/mol. The number of amides is 4. The molecule has 0 bridgehead atoms. The summed E-state index contributed by atoms with van der Waals surface area (Å²) in [6.07, 6.45) is 1.64. The van der Waals surface area contributed by atoms with Crippen LogP contribution in [-0.4, -0.2) is 93.4 Å². The van der Waals surface area contributed by atoms with Crippen LogP contribution in [0.5, 0.6) is 0 Å². The Morgan fingerprint density at radius 3 is 2.30 bits per heavy atom. The summed E-state index contributed by atoms with van der Waals surface area (Å²) in [5.74, 6) is -4.98. The predicted molar refractivity (Wildman–Crippen MR) is 118 cm³/mol. The van der Waals surface area contributed by atoms with Crippen LogP contribution in [0.2, 0.25) is 0 Å². The maximum atomic E-state index is 13.1. The lowest BCUT2D eigenvalue weighted by Gasteiger charge is -2.29. The number of carboxylic acids is 2. The fourth-order valence-corrected chi connectivity index (χ4v) is 3.84. The third-order valence-electron chi connectivity index (χ3n) is 5.09. The summed E-state index contributed by atoms with van der Waals surface area (Å²) in [4.78, 5) is 72.8. The molecule has 0 saturated carbocycles. The van der Waals surface area contributed by atoms with Crippen molar-refractivity contribution in [3.63, 3.8) is 0 Å². The number of rotatable bonds is 14. The fourth-order valence-electron chi connectivity index (χ4n) is 3.35. The van der Waals surface area contributed by atoms with Crippen molar-refractivity contribution in [2.24, 2.45) is 11.5 Å². The summed E-state index contributed by atoms with van der Waals surface area (Å²) in [6, 6.07) is -4.70. The number of hydrogen-bond acceptors (Lipinski definition) is 8. The van der Waals surface area contributed by atoms with E-state index < -0.39 is 72.6 Å². The molecule has 1 rings (SSSR count). The third-order valence-corrected chi connectivity index (χ3v) is 5.73. The first-order valence-electron chi connectivity index (χ1n) is 10.4. The molecule has 1 saturated heterocycles. The normalized spacial score (nSPS) is 18.1. The Morgan fingerprint density at radius 1 is 1.09 bits per heavy atom. The Labute approximate surface area is 195 Å². The first kappa shape index (κ1) is 28.2. The second-order valence-electron chi connectivity index (χ2n) is 7.64. The van der Waals surface area contributed by atoms with Gasteiger partial charge in [-0.1, -0.05) is 0 Å². The van der Waals surface area contributed by atoms with Crippen molar-refractivity contribution in [3.05, 3.63) is 0 Å². The molecule has 0 aromatic carbocycles. The second kappa shape index (κ2) is 13.6. The zero-order valence-electron chi connectivity index (χ0n) is 18.3. The minimum atomic E-state index is -1.55. The molecule has 4 atom stereocenters. The topological polar surface area (TPSA) is 222 Å². The fraction of sp³-hybridized carbons (Fsp3) is 0.684. The summed E-state index contributed by atoms with van der Waals surface area (Å²) in [5.41, 5.74) is 10.9. The number of likely N-dealkylation sites (tertiary alicyclic amines) is 1. The molecule has 1 aliphatic rings. The van der Waals surface area contributed by atoms with E-state index >= 15 is 0 Å². The molecule has 0 spiro atoms. The second-order valence-corrected chi connectivity index (χ2v) is 8.63. The van der Waals surface area contributed by atoms with Gasteiger partial charge in [-0.3, -0.25) is 24.0 Å². The highest BCUT2D eigenvalue weighted by Crippen LogP contribution is 2.20. The molecule has 1 fully saturated rings. The van der Waals surface area contributed by atoms with E-state index in [2.05, 4.69) is 10.6 Å². The monoisotopic (exact) mass is 489 g/mol. The van der Waals surface area contributed by atoms with Crippen LogP contribution in [0.15, 0.2) is 0 Å². The van der Waals surface area contributed by atoms with E-state index in [9.17, 15) is 33.9 Å². The molecule has 186 valence electrons. The van der Waals surface area contributed by atoms with Gasteiger partial charge in [-0.2, -0.15) is 11.8 Å². The van der Waals surface area contributed by atoms with Crippen molar-refractivity contribution >= 4 is 47.3 Å². The number of primary amides is 1. The minimum absolute atomic E-state index is 0.155. The molecule has 14 heteroatoms. The Kier molecular flexibility index (Phi) is 11.6. The van der Waals surface area contributed by atoms with E-state index in [1.165, 1.54) is 16.7 Å². The molecule has 0 aliphatic carbocycles. The number of thioether (sulfide) groups is 1. The van der Waals surface area contributed by atoms with E-state index in [-0.39, 0.29) is 19.4 Å². The Balaban J connectivity index is 2.96. The van der Waals surface area contributed by atoms with Crippen LogP contribution < -0.4 is 22.1 Å². The van der Waals surface area contributed by atoms with Gasteiger partial charge in [0.1, 0.15) is 18.1 Å². The SMILES string of the molecule is CSCCC(N)C(=O)NC(CCC(=O)O)C(=O)N1CCCC1C(=O)NC(CC(N)=O)C(=O)O. The van der Waals surface area contributed by atoms with E-state index in [1.54, 1.807) is 0 Å². The average Bonchev–Trinajstić information content (AvgIpc) is 3.23. The smallest absolute Gasteiger partial charge is 0.326 e. The van der Waals surface area contributed by atoms with Crippen LogP contribution >= 0.6 is 11.8 Å². The van der Waals surface area contributed by atoms with Gasteiger partial charge in [0.15, 0.2) is 0 Å². The van der Waals surface area contributed by atoms with Crippen molar-refractivity contribution < 1.29 is 39.0 Å². The van der Waals surface area contributed by atoms with Crippen LogP contribution in [0.4, 0.5) is 0 Å². The minimum Gasteiger partial charge on any atom is -0.481 e. The highest BCUT2D eigenvalue weighted by Gasteiger charge is 2.39. The van der Waals surface area contributed by atoms with Crippen molar-refractivity contribution in [3.8, 4) is 0 Å². The van der Waals surface area contributed by atoms with Crippen molar-refractivity contribution in [2.45, 2.75) is 62.7 Å². The number of carbonyl (C=O) groups excluding carboxylic acids is 4. The van der Waals surface area contributed by atoms with Gasteiger partial charge >= 0.3 is 11.9 Å². The number of carbonyl (C=O) groups is 6. The molecular weight excluding hydrogens is 458 g/mol. The van der Waals surface area contributed by atoms with Crippen molar-refractivity contribution in [2.75, 3.05) is 18.6 Å². The Hall–Kier alpha value is -2.87. The van der Waals surface area contributed by atoms with Gasteiger partial charge in [0.25, 0.3) is 0 Å². The Morgan fingerprint density at radius 2 is 1.76 bits per heavy atom. The molecule has 4 unspecified atom stereocenters. The van der Waals surface area contributed by atoms with E-state index in [1.807, 2.05) is 6.26 Å². The van der Waals surface area contributed by atoms with Gasteiger partial charge in [0.05, 0.1) is 12.5 Å². The lowest BCUT2D eigenvalue weighted by molar-refractivity contribution is -0.146. The first-order chi connectivity index (χ1) is 15.5. The lowest BCUT2D eigenvalue weighted by Crippen LogP contribution is -2.57. The predicted octanol–water partition coefficient (Wildman–Crippen LogP) is -2.15. The zero-order chi connectivity index (χ0) is 25.1. The van der Waals surface area contributed by atoms with Gasteiger partial charge in [0.2, 0.25) is 23.6 Å². The number of hydrogen-bond donors (Lipinski definition) is 6. The van der Waals surface area contributed by atoms with Gasteiger partial charge < -0.3 is 37.2 Å². The number of carboxylic acid groups (broad SMARTS) is 2. The Bertz CT molecular complexity index is 764. The number of nitrogens with zero attached hydrogens (tertiary/aromatic N) is 1. The lowest BCUT2D eigenvalue weighted by atomic mass is 10.1. The van der Waals surface area contributed by atoms with Gasteiger partial charge in [0, 0.05) is 13.0 Å². The van der Waals surface area contributed by atoms with Gasteiger partial charge in [-0.25, -0.2) is 4.79 Å². The molecule has 0 radical (unpaired) electrons. The molecule has 4 amide bonds. The standard InChI is InChI=1S/C19H31N5O8S/c1-33-8-6-10(20)16(28)22-11(4-5-15(26)27)18(30)24-7-2-3-13(24)17(29)23-12(19(31)32)9-14(21)25/h10-13H,2-9,20H2,1H3,(H2,21,25)(H,22,28)(H,23,29)(H,26,27)(H,31,32). The van der Waals surface area contributed by atoms with Gasteiger partial charge in [-0.05, 0) is 37.7 Å². The summed E-state index contributed by atoms with van der Waals surface area (Å²) >= 11 is 1.49. The van der Waals surface area contributed by atoms with Gasteiger partial charge in [-0.15, -0.1) is 0 Å². The number of aliphatic carboxylic acids is 2. The molecule has 1 aliphatic heterocycles. The molecule has 0 aromatic heterocycles.